The monoisotopic (exact) mass is 890 g/mol. The van der Waals surface area contributed by atoms with E-state index in [9.17, 15) is 29.2 Å². The number of aromatic nitrogens is 3. The standard InChI is InChI=1S/C47H55ClN10O6/c1-46(2)44(47(3,4)45(46)64-34-11-7-31(27-49)36(48)26-34)52-41(61)30-5-9-33(10-6-30)56-23-21-55(22-24-56)18-15-29-16-19-57(20-17-29)40(60)28-50-32-8-12-37-35(25-32)43(63)58(54-53-37)38-13-14-39(59)51-42(38)62/h5-12,25-26,29,38,44-45,50H,13-24,28H2,1-4H3,(H,52,61)(H,51,59,62). The molecule has 3 saturated heterocycles. The Hall–Kier alpha value is -6.05. The maximum absolute atomic E-state index is 13.5. The Bertz CT molecular complexity index is 2520. The van der Waals surface area contributed by atoms with Crippen LogP contribution < -0.4 is 31.1 Å². The van der Waals surface area contributed by atoms with Crippen molar-refractivity contribution in [2.24, 2.45) is 16.7 Å². The second-order valence-corrected chi connectivity index (χ2v) is 19.1. The Balaban J connectivity index is 0.744. The van der Waals surface area contributed by atoms with Crippen LogP contribution in [0.15, 0.2) is 65.5 Å². The Morgan fingerprint density at radius 2 is 1.64 bits per heavy atom. The molecule has 4 fully saturated rings. The van der Waals surface area contributed by atoms with E-state index in [1.807, 2.05) is 29.2 Å². The minimum Gasteiger partial charge on any atom is -0.489 e. The zero-order valence-corrected chi connectivity index (χ0v) is 37.5. The normalized spacial score (nSPS) is 22.3. The van der Waals surface area contributed by atoms with Crippen molar-refractivity contribution in [3.63, 3.8) is 0 Å². The van der Waals surface area contributed by atoms with Crippen LogP contribution in [-0.4, -0.2) is 113 Å². The van der Waals surface area contributed by atoms with Gasteiger partial charge in [0.2, 0.25) is 11.8 Å². The number of fused-ring (bicyclic) bond motifs is 1. The molecule has 1 atom stereocenters. The number of hydrogen-bond donors (Lipinski definition) is 3. The molecule has 1 aliphatic carbocycles. The van der Waals surface area contributed by atoms with Crippen molar-refractivity contribution in [1.82, 2.24) is 35.4 Å². The molecule has 4 amide bonds. The number of rotatable bonds is 12. The van der Waals surface area contributed by atoms with Gasteiger partial charge in [0.05, 0.1) is 22.5 Å². The average Bonchev–Trinajstić information content (AvgIpc) is 3.29. The summed E-state index contributed by atoms with van der Waals surface area (Å²) in [6, 6.07) is 19.0. The molecule has 3 aliphatic heterocycles. The van der Waals surface area contributed by atoms with E-state index in [4.69, 9.17) is 16.3 Å². The average molecular weight is 891 g/mol. The number of carbonyl (C=O) groups excluding carboxylic acids is 4. The van der Waals surface area contributed by atoms with E-state index in [0.717, 1.165) is 62.4 Å². The summed E-state index contributed by atoms with van der Waals surface area (Å²) in [4.78, 5) is 70.7. The topological polar surface area (TPSA) is 195 Å². The zero-order valence-electron chi connectivity index (χ0n) is 36.7. The van der Waals surface area contributed by atoms with Crippen LogP contribution >= 0.6 is 11.6 Å². The van der Waals surface area contributed by atoms with Gasteiger partial charge < -0.3 is 25.2 Å². The predicted octanol–water partition coefficient (Wildman–Crippen LogP) is 4.77. The Morgan fingerprint density at radius 1 is 0.922 bits per heavy atom. The lowest BCUT2D eigenvalue weighted by Gasteiger charge is -2.63. The summed E-state index contributed by atoms with van der Waals surface area (Å²) in [6.07, 6.45) is 3.11. The molecule has 0 spiro atoms. The molecule has 0 bridgehead atoms. The molecule has 0 radical (unpaired) electrons. The van der Waals surface area contributed by atoms with Gasteiger partial charge in [0, 0.05) is 85.6 Å². The number of amides is 4. The van der Waals surface area contributed by atoms with Crippen molar-refractivity contribution in [2.45, 2.75) is 78.0 Å². The fourth-order valence-corrected chi connectivity index (χ4v) is 10.5. The number of nitrogens with zero attached hydrogens (tertiary/aromatic N) is 7. The number of nitrogens with one attached hydrogen (secondary N) is 3. The van der Waals surface area contributed by atoms with Gasteiger partial charge in [-0.3, -0.25) is 34.2 Å². The molecule has 16 nitrogen and oxygen atoms in total. The van der Waals surface area contributed by atoms with Crippen molar-refractivity contribution in [1.29, 1.82) is 5.26 Å². The fourth-order valence-electron chi connectivity index (χ4n) is 10.3. The first-order valence-electron chi connectivity index (χ1n) is 22.1. The molecular weight excluding hydrogens is 836 g/mol. The molecule has 4 aromatic rings. The van der Waals surface area contributed by atoms with Crippen LogP contribution in [0.2, 0.25) is 5.02 Å². The van der Waals surface area contributed by atoms with E-state index in [1.54, 1.807) is 36.4 Å². The largest absolute Gasteiger partial charge is 0.489 e. The molecular formula is C47H55ClN10O6. The Labute approximate surface area is 377 Å². The third-order valence-corrected chi connectivity index (χ3v) is 14.1. The fraction of sp³-hybridized carbons (Fsp3) is 0.489. The maximum Gasteiger partial charge on any atom is 0.278 e. The third-order valence-electron chi connectivity index (χ3n) is 13.8. The predicted molar refractivity (Wildman–Crippen MR) is 242 cm³/mol. The van der Waals surface area contributed by atoms with Gasteiger partial charge in [0.15, 0.2) is 0 Å². The highest BCUT2D eigenvalue weighted by Crippen LogP contribution is 2.55. The van der Waals surface area contributed by atoms with Gasteiger partial charge in [0.25, 0.3) is 17.4 Å². The quantitative estimate of drug-likeness (QED) is 0.165. The van der Waals surface area contributed by atoms with Gasteiger partial charge in [-0.1, -0.05) is 44.5 Å². The van der Waals surface area contributed by atoms with Gasteiger partial charge in [-0.25, -0.2) is 0 Å². The van der Waals surface area contributed by atoms with Crippen LogP contribution in [-0.2, 0) is 14.4 Å². The van der Waals surface area contributed by atoms with Crippen LogP contribution in [0, 0.1) is 28.1 Å². The molecule has 8 rings (SSSR count). The first-order valence-corrected chi connectivity index (χ1v) is 22.5. The number of carbonyl (C=O) groups is 4. The summed E-state index contributed by atoms with van der Waals surface area (Å²) < 4.78 is 7.41. The number of piperidine rings is 2. The molecule has 4 heterocycles. The number of ether oxygens (including phenoxy) is 1. The molecule has 4 aliphatic rings. The first kappa shape index (κ1) is 44.6. The number of hydrogen-bond acceptors (Lipinski definition) is 12. The van der Waals surface area contributed by atoms with Gasteiger partial charge >= 0.3 is 0 Å². The van der Waals surface area contributed by atoms with E-state index in [0.29, 0.717) is 52.1 Å². The zero-order chi connectivity index (χ0) is 45.3. The molecule has 1 aromatic heterocycles. The molecule has 17 heteroatoms. The summed E-state index contributed by atoms with van der Waals surface area (Å²) in [6.45, 7) is 14.6. The van der Waals surface area contributed by atoms with Gasteiger partial charge in [-0.05, 0) is 92.7 Å². The summed E-state index contributed by atoms with van der Waals surface area (Å²) >= 11 is 6.26. The highest BCUT2D eigenvalue weighted by atomic mass is 35.5. The summed E-state index contributed by atoms with van der Waals surface area (Å²) in [5, 5.41) is 26.6. The Kier molecular flexibility index (Phi) is 12.7. The van der Waals surface area contributed by atoms with Crippen molar-refractivity contribution in [2.75, 3.05) is 62.6 Å². The van der Waals surface area contributed by atoms with Gasteiger partial charge in [-0.2, -0.15) is 9.94 Å². The minimum absolute atomic E-state index is 0.00426. The number of anilines is 2. The van der Waals surface area contributed by atoms with Crippen LogP contribution in [0.1, 0.15) is 81.8 Å². The third kappa shape index (κ3) is 9.14. The van der Waals surface area contributed by atoms with Crippen LogP contribution in [0.5, 0.6) is 5.75 Å². The highest BCUT2D eigenvalue weighted by Gasteiger charge is 2.64. The van der Waals surface area contributed by atoms with E-state index in [1.165, 1.54) is 0 Å². The summed E-state index contributed by atoms with van der Waals surface area (Å²) in [5.74, 6) is 0.0759. The molecule has 1 unspecified atom stereocenters. The smallest absolute Gasteiger partial charge is 0.278 e. The molecule has 3 aromatic carbocycles. The van der Waals surface area contributed by atoms with Crippen molar-refractivity contribution < 1.29 is 23.9 Å². The Morgan fingerprint density at radius 3 is 2.31 bits per heavy atom. The number of halogens is 1. The molecule has 1 saturated carbocycles. The lowest BCUT2D eigenvalue weighted by Crippen LogP contribution is -2.74. The number of piperazine rings is 1. The van der Waals surface area contributed by atoms with E-state index in [2.05, 4.69) is 69.8 Å². The summed E-state index contributed by atoms with van der Waals surface area (Å²) in [5.41, 5.74) is 1.88. The van der Waals surface area contributed by atoms with Crippen LogP contribution in [0.3, 0.4) is 0 Å². The molecule has 64 heavy (non-hydrogen) atoms. The highest BCUT2D eigenvalue weighted by molar-refractivity contribution is 6.31. The number of likely N-dealkylation sites (tertiary alicyclic amines) is 1. The molecule has 3 N–H and O–H groups in total. The number of nitriles is 1. The van der Waals surface area contributed by atoms with Crippen LogP contribution in [0.25, 0.3) is 10.9 Å². The first-order chi connectivity index (χ1) is 30.6. The second kappa shape index (κ2) is 18.2. The lowest BCUT2D eigenvalue weighted by atomic mass is 9.49. The van der Waals surface area contributed by atoms with Gasteiger partial charge in [0.1, 0.15) is 29.5 Å². The SMILES string of the molecule is CC1(C)C(NC(=O)c2ccc(N3CCN(CCC4CCN(C(=O)CNc5ccc6nnn(C7CCC(=O)NC7=O)c(=O)c6c5)CC4)CC3)cc2)C(C)(C)C1Oc1ccc(C#N)c(Cl)c1. The van der Waals surface area contributed by atoms with E-state index < -0.39 is 17.5 Å². The van der Waals surface area contributed by atoms with Crippen LogP contribution in [0.4, 0.5) is 11.4 Å². The molecule has 336 valence electrons. The minimum atomic E-state index is -0.908. The van der Waals surface area contributed by atoms with Crippen molar-refractivity contribution in [3.8, 4) is 11.8 Å². The summed E-state index contributed by atoms with van der Waals surface area (Å²) in [7, 11) is 0. The van der Waals surface area contributed by atoms with Crippen molar-refractivity contribution in [3.05, 3.63) is 87.2 Å². The van der Waals surface area contributed by atoms with E-state index >= 15 is 0 Å². The maximum atomic E-state index is 13.5. The second-order valence-electron chi connectivity index (χ2n) is 18.7. The van der Waals surface area contributed by atoms with Gasteiger partial charge in [-0.15, -0.1) is 5.10 Å². The number of benzene rings is 3. The van der Waals surface area contributed by atoms with E-state index in [-0.39, 0.29) is 65.5 Å². The number of imide groups is 1. The van der Waals surface area contributed by atoms with Crippen molar-refractivity contribution >= 4 is 57.5 Å². The lowest BCUT2D eigenvalue weighted by molar-refractivity contribution is -0.164.